The van der Waals surface area contributed by atoms with E-state index in [1.54, 1.807) is 12.1 Å². The summed E-state index contributed by atoms with van der Waals surface area (Å²) in [5.41, 5.74) is -0.147. The number of ether oxygens (including phenoxy) is 1. The highest BCUT2D eigenvalue weighted by molar-refractivity contribution is 5.95. The first kappa shape index (κ1) is 16.4. The summed E-state index contributed by atoms with van der Waals surface area (Å²) in [6, 6.07) is 5.40. The lowest BCUT2D eigenvalue weighted by Gasteiger charge is -2.56. The van der Waals surface area contributed by atoms with E-state index in [1.807, 2.05) is 0 Å². The highest BCUT2D eigenvalue weighted by Gasteiger charge is 2.51. The van der Waals surface area contributed by atoms with Gasteiger partial charge in [0, 0.05) is 5.54 Å². The van der Waals surface area contributed by atoms with E-state index in [1.165, 1.54) is 31.4 Å². The van der Waals surface area contributed by atoms with Gasteiger partial charge >= 0.3 is 6.03 Å². The summed E-state index contributed by atoms with van der Waals surface area (Å²) >= 11 is 0. The van der Waals surface area contributed by atoms with Gasteiger partial charge in [-0.1, -0.05) is 12.1 Å². The Bertz CT molecular complexity index is 656. The summed E-state index contributed by atoms with van der Waals surface area (Å²) in [6.45, 7) is -0.394. The molecule has 0 aliphatic heterocycles. The lowest BCUT2D eigenvalue weighted by molar-refractivity contribution is -0.122. The summed E-state index contributed by atoms with van der Waals surface area (Å²) in [5.74, 6) is 1.03. The Hall–Kier alpha value is -2.11. The van der Waals surface area contributed by atoms with Gasteiger partial charge in [0.15, 0.2) is 18.2 Å². The van der Waals surface area contributed by atoms with E-state index in [0.717, 1.165) is 19.3 Å². The number of carbonyl (C=O) groups is 2. The molecule has 0 heterocycles. The Labute approximate surface area is 146 Å². The number of nitrogens with one attached hydrogen (secondary N) is 2. The van der Waals surface area contributed by atoms with Crippen LogP contribution in [-0.2, 0) is 4.79 Å². The molecule has 3 amide bonds. The Kier molecular flexibility index (Phi) is 4.13. The fourth-order valence-corrected chi connectivity index (χ4v) is 5.40. The molecule has 2 N–H and O–H groups in total. The van der Waals surface area contributed by atoms with Gasteiger partial charge in [-0.2, -0.15) is 0 Å². The minimum absolute atomic E-state index is 0.000794. The van der Waals surface area contributed by atoms with Gasteiger partial charge in [0.1, 0.15) is 0 Å². The Balaban J connectivity index is 1.29. The Morgan fingerprint density at radius 1 is 1.08 bits per heavy atom. The van der Waals surface area contributed by atoms with E-state index >= 15 is 0 Å². The van der Waals surface area contributed by atoms with E-state index < -0.39 is 24.4 Å². The number of hydrogen-bond acceptors (Lipinski definition) is 3. The van der Waals surface area contributed by atoms with Crippen LogP contribution in [0.25, 0.3) is 0 Å². The topological polar surface area (TPSA) is 67.4 Å². The first-order valence-electron chi connectivity index (χ1n) is 9.01. The molecule has 6 heteroatoms. The predicted octanol–water partition coefficient (Wildman–Crippen LogP) is 3.00. The van der Waals surface area contributed by atoms with Crippen molar-refractivity contribution in [2.75, 3.05) is 6.61 Å². The molecule has 25 heavy (non-hydrogen) atoms. The maximum Gasteiger partial charge on any atom is 0.321 e. The van der Waals surface area contributed by atoms with Crippen molar-refractivity contribution in [2.45, 2.75) is 44.1 Å². The zero-order chi connectivity index (χ0) is 17.4. The van der Waals surface area contributed by atoms with Crippen molar-refractivity contribution in [3.8, 4) is 5.75 Å². The third kappa shape index (κ3) is 3.48. The Morgan fingerprint density at radius 2 is 1.68 bits per heavy atom. The molecule has 5 rings (SSSR count). The maximum atomic E-state index is 13.5. The van der Waals surface area contributed by atoms with Gasteiger partial charge in [-0.15, -0.1) is 0 Å². The molecule has 4 aliphatic carbocycles. The van der Waals surface area contributed by atoms with Gasteiger partial charge in [0.2, 0.25) is 0 Å². The van der Waals surface area contributed by atoms with E-state index in [4.69, 9.17) is 4.74 Å². The maximum absolute atomic E-state index is 13.5. The normalized spacial score (nSPS) is 32.3. The number of amides is 3. The molecule has 4 bridgehead atoms. The molecule has 1 aromatic rings. The largest absolute Gasteiger partial charge is 0.481 e. The Morgan fingerprint density at radius 3 is 2.28 bits per heavy atom. The lowest BCUT2D eigenvalue weighted by atomic mass is 9.53. The molecule has 0 unspecified atom stereocenters. The first-order chi connectivity index (χ1) is 12.0. The average molecular weight is 346 g/mol. The summed E-state index contributed by atoms with van der Waals surface area (Å²) in [4.78, 5) is 24.1. The molecule has 0 aromatic heterocycles. The van der Waals surface area contributed by atoms with Crippen LogP contribution in [0.5, 0.6) is 5.75 Å². The fourth-order valence-electron chi connectivity index (χ4n) is 5.40. The van der Waals surface area contributed by atoms with Crippen molar-refractivity contribution < 1.29 is 18.7 Å². The second-order valence-corrected chi connectivity index (χ2v) is 7.92. The number of imide groups is 1. The molecule has 1 aromatic carbocycles. The van der Waals surface area contributed by atoms with Crippen LogP contribution >= 0.6 is 0 Å². The number of carbonyl (C=O) groups excluding carboxylic acids is 2. The zero-order valence-electron chi connectivity index (χ0n) is 14.1. The number of hydrogen-bond donors (Lipinski definition) is 2. The minimum Gasteiger partial charge on any atom is -0.481 e. The SMILES string of the molecule is O=C(COc1ccccc1F)NC(=O)NC12CC3CC(CC(C3)C1)C2. The van der Waals surface area contributed by atoms with Crippen molar-refractivity contribution in [3.05, 3.63) is 30.1 Å². The van der Waals surface area contributed by atoms with Crippen molar-refractivity contribution in [3.63, 3.8) is 0 Å². The first-order valence-corrected chi connectivity index (χ1v) is 9.01. The molecule has 5 nitrogen and oxygen atoms in total. The van der Waals surface area contributed by atoms with E-state index in [2.05, 4.69) is 10.6 Å². The number of rotatable bonds is 4. The predicted molar refractivity (Wildman–Crippen MR) is 89.5 cm³/mol. The number of benzene rings is 1. The standard InChI is InChI=1S/C19H23FN2O3/c20-15-3-1-2-4-16(15)25-11-17(23)21-18(24)22-19-8-12-5-13(9-19)7-14(6-12)10-19/h1-4,12-14H,5-11H2,(H2,21,22,23,24). The van der Waals surface area contributed by atoms with Crippen LogP contribution in [0, 0.1) is 23.6 Å². The quantitative estimate of drug-likeness (QED) is 0.881. The van der Waals surface area contributed by atoms with Gasteiger partial charge in [0.05, 0.1) is 0 Å². The molecular weight excluding hydrogens is 323 g/mol. The fraction of sp³-hybridized carbons (Fsp3) is 0.579. The van der Waals surface area contributed by atoms with Gasteiger partial charge in [0.25, 0.3) is 5.91 Å². The van der Waals surface area contributed by atoms with Crippen molar-refractivity contribution in [1.82, 2.24) is 10.6 Å². The van der Waals surface area contributed by atoms with Crippen LogP contribution < -0.4 is 15.4 Å². The second-order valence-electron chi connectivity index (χ2n) is 7.92. The molecular formula is C19H23FN2O3. The van der Waals surface area contributed by atoms with Crippen LogP contribution in [-0.4, -0.2) is 24.1 Å². The summed E-state index contributed by atoms with van der Waals surface area (Å²) in [7, 11) is 0. The minimum atomic E-state index is -0.578. The van der Waals surface area contributed by atoms with Crippen molar-refractivity contribution in [2.24, 2.45) is 17.8 Å². The molecule has 4 aliphatic rings. The van der Waals surface area contributed by atoms with E-state index in [0.29, 0.717) is 17.8 Å². The lowest BCUT2D eigenvalue weighted by Crippen LogP contribution is -2.62. The highest BCUT2D eigenvalue weighted by atomic mass is 19.1. The van der Waals surface area contributed by atoms with Crippen LogP contribution in [0.3, 0.4) is 0 Å². The van der Waals surface area contributed by atoms with E-state index in [9.17, 15) is 14.0 Å². The van der Waals surface area contributed by atoms with E-state index in [-0.39, 0.29) is 11.3 Å². The molecule has 0 atom stereocenters. The summed E-state index contributed by atoms with van der Waals surface area (Å²) in [6.07, 6.45) is 6.93. The zero-order valence-corrected chi connectivity index (χ0v) is 14.1. The van der Waals surface area contributed by atoms with Gasteiger partial charge in [-0.05, 0) is 68.4 Å². The van der Waals surface area contributed by atoms with Gasteiger partial charge in [-0.25, -0.2) is 9.18 Å². The van der Waals surface area contributed by atoms with Gasteiger partial charge in [-0.3, -0.25) is 10.1 Å². The second kappa shape index (κ2) is 6.32. The van der Waals surface area contributed by atoms with Crippen LogP contribution in [0.2, 0.25) is 0 Å². The van der Waals surface area contributed by atoms with Crippen molar-refractivity contribution >= 4 is 11.9 Å². The molecule has 134 valence electrons. The van der Waals surface area contributed by atoms with Crippen molar-refractivity contribution in [1.29, 1.82) is 0 Å². The van der Waals surface area contributed by atoms with Crippen LogP contribution in [0.4, 0.5) is 9.18 Å². The summed E-state index contributed by atoms with van der Waals surface area (Å²) < 4.78 is 18.6. The monoisotopic (exact) mass is 346 g/mol. The van der Waals surface area contributed by atoms with Crippen LogP contribution in [0.1, 0.15) is 38.5 Å². The number of urea groups is 1. The molecule has 0 radical (unpaired) electrons. The third-order valence-electron chi connectivity index (χ3n) is 5.87. The highest BCUT2D eigenvalue weighted by Crippen LogP contribution is 2.55. The third-order valence-corrected chi connectivity index (χ3v) is 5.87. The molecule has 0 spiro atoms. The van der Waals surface area contributed by atoms with Crippen LogP contribution in [0.15, 0.2) is 24.3 Å². The molecule has 4 saturated carbocycles. The average Bonchev–Trinajstić information content (AvgIpc) is 2.52. The number of halogens is 1. The van der Waals surface area contributed by atoms with Gasteiger partial charge < -0.3 is 10.1 Å². The summed E-state index contributed by atoms with van der Waals surface area (Å²) in [5, 5.41) is 5.37. The smallest absolute Gasteiger partial charge is 0.321 e. The number of para-hydroxylation sites is 1. The molecule has 4 fully saturated rings. The molecule has 0 saturated heterocycles.